The minimum absolute atomic E-state index is 0.148. The van der Waals surface area contributed by atoms with E-state index in [4.69, 9.17) is 9.47 Å². The molecule has 0 N–H and O–H groups in total. The van der Waals surface area contributed by atoms with E-state index in [1.165, 1.54) is 12.1 Å². The summed E-state index contributed by atoms with van der Waals surface area (Å²) >= 11 is 0. The molecular weight excluding hydrogens is 373 g/mol. The molecule has 0 saturated heterocycles. The second-order valence-corrected chi connectivity index (χ2v) is 6.35. The molecule has 0 radical (unpaired) electrons. The van der Waals surface area contributed by atoms with Gasteiger partial charge in [-0.25, -0.2) is 9.07 Å². The van der Waals surface area contributed by atoms with E-state index in [9.17, 15) is 9.18 Å². The van der Waals surface area contributed by atoms with Gasteiger partial charge in [0, 0.05) is 24.7 Å². The Hall–Kier alpha value is -3.35. The van der Waals surface area contributed by atoms with E-state index in [1.807, 2.05) is 19.9 Å². The van der Waals surface area contributed by atoms with Crippen molar-refractivity contribution < 1.29 is 18.7 Å². The number of nitrogens with zero attached hydrogens (tertiary/aromatic N) is 3. The van der Waals surface area contributed by atoms with Crippen LogP contribution in [0.15, 0.2) is 48.5 Å². The molecule has 2 aromatic carbocycles. The van der Waals surface area contributed by atoms with Gasteiger partial charge >= 0.3 is 0 Å². The molecule has 152 valence electrons. The van der Waals surface area contributed by atoms with Crippen LogP contribution in [-0.2, 0) is 0 Å². The first-order valence-electron chi connectivity index (χ1n) is 9.40. The fourth-order valence-corrected chi connectivity index (χ4v) is 3.13. The van der Waals surface area contributed by atoms with Gasteiger partial charge in [0.15, 0.2) is 0 Å². The number of aromatic nitrogens is 2. The molecule has 0 spiro atoms. The number of ether oxygens (including phenoxy) is 2. The Labute approximate surface area is 169 Å². The van der Waals surface area contributed by atoms with Crippen molar-refractivity contribution in [2.75, 3.05) is 27.3 Å². The summed E-state index contributed by atoms with van der Waals surface area (Å²) in [6, 6.07) is 13.0. The molecule has 0 fully saturated rings. The summed E-state index contributed by atoms with van der Waals surface area (Å²) < 4.78 is 25.7. The van der Waals surface area contributed by atoms with Crippen LogP contribution in [-0.4, -0.2) is 47.9 Å². The van der Waals surface area contributed by atoms with Crippen LogP contribution >= 0.6 is 0 Å². The zero-order valence-corrected chi connectivity index (χ0v) is 17.0. The molecule has 3 aromatic rings. The summed E-state index contributed by atoms with van der Waals surface area (Å²) in [6.45, 7) is 5.00. The van der Waals surface area contributed by atoms with E-state index in [-0.39, 0.29) is 11.7 Å². The zero-order chi connectivity index (χ0) is 21.0. The van der Waals surface area contributed by atoms with Crippen LogP contribution in [0.25, 0.3) is 16.9 Å². The Balaban J connectivity index is 2.17. The number of methoxy groups -OCH3 is 2. The van der Waals surface area contributed by atoms with E-state index in [1.54, 1.807) is 54.1 Å². The number of benzene rings is 2. The van der Waals surface area contributed by atoms with E-state index in [0.717, 1.165) is 5.56 Å². The van der Waals surface area contributed by atoms with Crippen LogP contribution in [0.4, 0.5) is 4.39 Å². The summed E-state index contributed by atoms with van der Waals surface area (Å²) in [5, 5.41) is 4.64. The molecular formula is C22H24FN3O3. The third-order valence-electron chi connectivity index (χ3n) is 4.73. The van der Waals surface area contributed by atoms with E-state index < -0.39 is 0 Å². The first-order chi connectivity index (χ1) is 14.0. The lowest BCUT2D eigenvalue weighted by Crippen LogP contribution is -2.32. The molecule has 0 aliphatic carbocycles. The van der Waals surface area contributed by atoms with Gasteiger partial charge in [-0.05, 0) is 56.3 Å². The van der Waals surface area contributed by atoms with Crippen molar-refractivity contribution in [3.8, 4) is 28.4 Å². The largest absolute Gasteiger partial charge is 0.497 e. The molecule has 1 amide bonds. The quantitative estimate of drug-likeness (QED) is 0.600. The van der Waals surface area contributed by atoms with Crippen molar-refractivity contribution in [2.24, 2.45) is 0 Å². The molecule has 7 heteroatoms. The van der Waals surface area contributed by atoms with Gasteiger partial charge in [0.2, 0.25) is 0 Å². The maximum Gasteiger partial charge on any atom is 0.272 e. The average molecular weight is 397 g/mol. The van der Waals surface area contributed by atoms with Crippen molar-refractivity contribution >= 4 is 5.91 Å². The number of carbonyl (C=O) groups excluding carboxylic acids is 1. The van der Waals surface area contributed by atoms with Crippen LogP contribution in [0.1, 0.15) is 24.3 Å². The second kappa shape index (κ2) is 8.77. The van der Waals surface area contributed by atoms with Crippen LogP contribution in [0, 0.1) is 5.82 Å². The van der Waals surface area contributed by atoms with Crippen LogP contribution in [0.2, 0.25) is 0 Å². The second-order valence-electron chi connectivity index (χ2n) is 6.35. The van der Waals surface area contributed by atoms with Crippen molar-refractivity contribution in [1.29, 1.82) is 0 Å². The highest BCUT2D eigenvalue weighted by Crippen LogP contribution is 2.33. The molecule has 0 aliphatic heterocycles. The minimum atomic E-state index is -0.352. The lowest BCUT2D eigenvalue weighted by atomic mass is 10.1. The maximum absolute atomic E-state index is 13.4. The van der Waals surface area contributed by atoms with E-state index >= 15 is 0 Å². The standard InChI is InChI=1S/C22H24FN3O3/c1-5-25(6-2)22(27)20-14-19(18-12-11-17(28-3)13-21(18)29-4)24-26(20)16-9-7-15(23)8-10-16/h7-14H,5-6H2,1-4H3. The molecule has 0 bridgehead atoms. The van der Waals surface area contributed by atoms with E-state index in [2.05, 4.69) is 5.10 Å². The molecule has 6 nitrogen and oxygen atoms in total. The highest BCUT2D eigenvalue weighted by Gasteiger charge is 2.22. The number of halogens is 1. The number of rotatable bonds is 7. The van der Waals surface area contributed by atoms with Gasteiger partial charge in [-0.2, -0.15) is 5.10 Å². The Morgan fingerprint density at radius 1 is 1.03 bits per heavy atom. The SMILES string of the molecule is CCN(CC)C(=O)c1cc(-c2ccc(OC)cc2OC)nn1-c1ccc(F)cc1. The summed E-state index contributed by atoms with van der Waals surface area (Å²) in [4.78, 5) is 14.8. The summed E-state index contributed by atoms with van der Waals surface area (Å²) in [6.07, 6.45) is 0. The van der Waals surface area contributed by atoms with Crippen LogP contribution in [0.3, 0.4) is 0 Å². The molecule has 1 heterocycles. The van der Waals surface area contributed by atoms with Gasteiger partial charge in [-0.15, -0.1) is 0 Å². The smallest absolute Gasteiger partial charge is 0.272 e. The number of amides is 1. The third-order valence-corrected chi connectivity index (χ3v) is 4.73. The molecule has 0 saturated carbocycles. The van der Waals surface area contributed by atoms with Crippen LogP contribution < -0.4 is 9.47 Å². The number of hydrogen-bond acceptors (Lipinski definition) is 4. The van der Waals surface area contributed by atoms with Crippen molar-refractivity contribution in [3.05, 3.63) is 60.0 Å². The Morgan fingerprint density at radius 3 is 2.31 bits per heavy atom. The fraction of sp³-hybridized carbons (Fsp3) is 0.273. The lowest BCUT2D eigenvalue weighted by Gasteiger charge is -2.19. The van der Waals surface area contributed by atoms with Gasteiger partial charge in [-0.1, -0.05) is 0 Å². The van der Waals surface area contributed by atoms with Gasteiger partial charge < -0.3 is 14.4 Å². The topological polar surface area (TPSA) is 56.6 Å². The first-order valence-corrected chi connectivity index (χ1v) is 9.40. The predicted molar refractivity (Wildman–Crippen MR) is 109 cm³/mol. The molecule has 0 unspecified atom stereocenters. The Bertz CT molecular complexity index is 995. The number of carbonyl (C=O) groups is 1. The van der Waals surface area contributed by atoms with Crippen molar-refractivity contribution in [3.63, 3.8) is 0 Å². The maximum atomic E-state index is 13.4. The normalized spacial score (nSPS) is 10.7. The van der Waals surface area contributed by atoms with E-state index in [0.29, 0.717) is 41.7 Å². The summed E-state index contributed by atoms with van der Waals surface area (Å²) in [5.41, 5.74) is 2.29. The van der Waals surface area contributed by atoms with Gasteiger partial charge in [0.1, 0.15) is 23.0 Å². The fourth-order valence-electron chi connectivity index (χ4n) is 3.13. The van der Waals surface area contributed by atoms with Crippen molar-refractivity contribution in [1.82, 2.24) is 14.7 Å². The van der Waals surface area contributed by atoms with Crippen LogP contribution in [0.5, 0.6) is 11.5 Å². The molecule has 0 aliphatic rings. The van der Waals surface area contributed by atoms with Crippen molar-refractivity contribution in [2.45, 2.75) is 13.8 Å². The molecule has 29 heavy (non-hydrogen) atoms. The lowest BCUT2D eigenvalue weighted by molar-refractivity contribution is 0.0764. The number of hydrogen-bond donors (Lipinski definition) is 0. The Kier molecular flexibility index (Phi) is 6.16. The molecule has 3 rings (SSSR count). The Morgan fingerprint density at radius 2 is 1.72 bits per heavy atom. The highest BCUT2D eigenvalue weighted by molar-refractivity contribution is 5.94. The zero-order valence-electron chi connectivity index (χ0n) is 17.0. The predicted octanol–water partition coefficient (Wildman–Crippen LogP) is 4.18. The van der Waals surface area contributed by atoms with Gasteiger partial charge in [-0.3, -0.25) is 4.79 Å². The molecule has 0 atom stereocenters. The summed E-state index contributed by atoms with van der Waals surface area (Å²) in [5.74, 6) is 0.734. The van der Waals surface area contributed by atoms with Gasteiger partial charge in [0.25, 0.3) is 5.91 Å². The summed E-state index contributed by atoms with van der Waals surface area (Å²) in [7, 11) is 3.15. The van der Waals surface area contributed by atoms with Gasteiger partial charge in [0.05, 0.1) is 25.6 Å². The average Bonchev–Trinajstić information content (AvgIpc) is 3.19. The highest BCUT2D eigenvalue weighted by atomic mass is 19.1. The molecule has 1 aromatic heterocycles. The third kappa shape index (κ3) is 4.08. The monoisotopic (exact) mass is 397 g/mol. The minimum Gasteiger partial charge on any atom is -0.497 e. The first kappa shape index (κ1) is 20.4.